The molecule has 0 aromatic carbocycles. The number of ether oxygens (including phenoxy) is 1. The zero-order chi connectivity index (χ0) is 10.9. The molecule has 15 heavy (non-hydrogen) atoms. The number of hydrogen-bond donors (Lipinski definition) is 1. The molecular formula is C12H21NO2. The lowest BCUT2D eigenvalue weighted by molar-refractivity contribution is -0.151. The van der Waals surface area contributed by atoms with Gasteiger partial charge in [0.2, 0.25) is 0 Å². The minimum Gasteiger partial charge on any atom is -0.468 e. The van der Waals surface area contributed by atoms with Gasteiger partial charge in [0, 0.05) is 0 Å². The second-order valence-electron chi connectivity index (χ2n) is 4.97. The maximum atomic E-state index is 11.9. The highest BCUT2D eigenvalue weighted by Crippen LogP contribution is 2.51. The van der Waals surface area contributed by atoms with Crippen molar-refractivity contribution in [2.45, 2.75) is 44.6 Å². The molecule has 3 nitrogen and oxygen atoms in total. The van der Waals surface area contributed by atoms with Crippen LogP contribution in [0.15, 0.2) is 0 Å². The first-order valence-corrected chi connectivity index (χ1v) is 6.06. The molecule has 3 heteroatoms. The van der Waals surface area contributed by atoms with Gasteiger partial charge in [-0.25, -0.2) is 0 Å². The fourth-order valence-electron chi connectivity index (χ4n) is 3.40. The van der Waals surface area contributed by atoms with Gasteiger partial charge in [-0.15, -0.1) is 0 Å². The first-order chi connectivity index (χ1) is 7.23. The smallest absolute Gasteiger partial charge is 0.326 e. The summed E-state index contributed by atoms with van der Waals surface area (Å²) in [6.07, 6.45) is 5.76. The molecule has 86 valence electrons. The third-order valence-electron chi connectivity index (χ3n) is 4.09. The number of carbonyl (C=O) groups excluding carboxylic acids is 1. The summed E-state index contributed by atoms with van der Waals surface area (Å²) < 4.78 is 4.99. The number of nitrogens with one attached hydrogen (secondary N) is 1. The maximum absolute atomic E-state index is 11.9. The van der Waals surface area contributed by atoms with Crippen molar-refractivity contribution in [1.29, 1.82) is 0 Å². The Balaban J connectivity index is 2.13. The first-order valence-electron chi connectivity index (χ1n) is 6.06. The van der Waals surface area contributed by atoms with E-state index >= 15 is 0 Å². The molecule has 0 aromatic heterocycles. The summed E-state index contributed by atoms with van der Waals surface area (Å²) in [6, 6.07) is 0. The molecule has 2 aliphatic rings. The Morgan fingerprint density at radius 3 is 2.80 bits per heavy atom. The van der Waals surface area contributed by atoms with E-state index < -0.39 is 0 Å². The molecule has 2 saturated carbocycles. The second kappa shape index (κ2) is 4.12. The summed E-state index contributed by atoms with van der Waals surface area (Å²) in [5.74, 6) is 1.23. The van der Waals surface area contributed by atoms with E-state index in [1.165, 1.54) is 26.4 Å². The molecule has 1 N–H and O–H groups in total. The average molecular weight is 211 g/mol. The number of esters is 1. The van der Waals surface area contributed by atoms with E-state index in [9.17, 15) is 4.79 Å². The molecule has 2 bridgehead atoms. The number of rotatable bonds is 4. The first kappa shape index (κ1) is 10.9. The van der Waals surface area contributed by atoms with Gasteiger partial charge in [-0.05, 0) is 44.1 Å². The normalized spacial score (nSPS) is 38.3. The van der Waals surface area contributed by atoms with E-state index in [0.29, 0.717) is 5.92 Å². The molecule has 0 heterocycles. The fourth-order valence-corrected chi connectivity index (χ4v) is 3.40. The van der Waals surface area contributed by atoms with Crippen molar-refractivity contribution in [3.8, 4) is 0 Å². The molecule has 2 rings (SSSR count). The number of carbonyl (C=O) groups is 1. The minimum atomic E-state index is -0.340. The van der Waals surface area contributed by atoms with Crippen LogP contribution >= 0.6 is 0 Å². The molecule has 0 radical (unpaired) electrons. The van der Waals surface area contributed by atoms with Crippen molar-refractivity contribution < 1.29 is 9.53 Å². The Labute approximate surface area is 91.6 Å². The fraction of sp³-hybridized carbons (Fsp3) is 0.917. The maximum Gasteiger partial charge on any atom is 0.326 e. The highest BCUT2D eigenvalue weighted by molar-refractivity contribution is 5.82. The van der Waals surface area contributed by atoms with Gasteiger partial charge >= 0.3 is 5.97 Å². The van der Waals surface area contributed by atoms with Gasteiger partial charge in [0.15, 0.2) is 0 Å². The van der Waals surface area contributed by atoms with Crippen molar-refractivity contribution >= 4 is 5.97 Å². The van der Waals surface area contributed by atoms with Gasteiger partial charge in [-0.1, -0.05) is 13.3 Å². The summed E-state index contributed by atoms with van der Waals surface area (Å²) in [4.78, 5) is 11.9. The van der Waals surface area contributed by atoms with Gasteiger partial charge in [0.05, 0.1) is 7.11 Å². The van der Waals surface area contributed by atoms with Crippen LogP contribution in [-0.4, -0.2) is 25.2 Å². The number of fused-ring (bicyclic) bond motifs is 2. The molecule has 3 atom stereocenters. The van der Waals surface area contributed by atoms with E-state index in [-0.39, 0.29) is 11.5 Å². The Bertz CT molecular complexity index is 254. The van der Waals surface area contributed by atoms with Crippen LogP contribution in [0.1, 0.15) is 39.0 Å². The third-order valence-corrected chi connectivity index (χ3v) is 4.09. The third kappa shape index (κ3) is 1.67. The molecule has 0 saturated heterocycles. The summed E-state index contributed by atoms with van der Waals surface area (Å²) >= 11 is 0. The van der Waals surface area contributed by atoms with Crippen molar-refractivity contribution in [3.05, 3.63) is 0 Å². The molecule has 0 spiro atoms. The van der Waals surface area contributed by atoms with Crippen LogP contribution in [0.3, 0.4) is 0 Å². The highest BCUT2D eigenvalue weighted by atomic mass is 16.5. The molecule has 2 aliphatic carbocycles. The molecule has 0 aromatic rings. The molecule has 0 aliphatic heterocycles. The van der Waals surface area contributed by atoms with E-state index in [1.807, 2.05) is 0 Å². The zero-order valence-corrected chi connectivity index (χ0v) is 9.71. The summed E-state index contributed by atoms with van der Waals surface area (Å²) in [6.45, 7) is 3.05. The van der Waals surface area contributed by atoms with Gasteiger partial charge in [-0.3, -0.25) is 4.79 Å². The molecule has 3 unspecified atom stereocenters. The Kier molecular flexibility index (Phi) is 3.01. The summed E-state index contributed by atoms with van der Waals surface area (Å²) in [5, 5.41) is 3.45. The Hall–Kier alpha value is -0.570. The Morgan fingerprint density at radius 1 is 1.53 bits per heavy atom. The van der Waals surface area contributed by atoms with Crippen molar-refractivity contribution in [2.24, 2.45) is 11.8 Å². The predicted molar refractivity (Wildman–Crippen MR) is 58.5 cm³/mol. The molecule has 0 amide bonds. The van der Waals surface area contributed by atoms with E-state index in [0.717, 1.165) is 25.3 Å². The quantitative estimate of drug-likeness (QED) is 0.720. The molecule has 2 fully saturated rings. The topological polar surface area (TPSA) is 38.3 Å². The predicted octanol–water partition coefficient (Wildman–Crippen LogP) is 1.72. The van der Waals surface area contributed by atoms with Crippen LogP contribution in [0.5, 0.6) is 0 Å². The van der Waals surface area contributed by atoms with Crippen LogP contribution in [0.4, 0.5) is 0 Å². The van der Waals surface area contributed by atoms with Crippen molar-refractivity contribution in [3.63, 3.8) is 0 Å². The monoisotopic (exact) mass is 211 g/mol. The Morgan fingerprint density at radius 2 is 2.33 bits per heavy atom. The number of methoxy groups -OCH3 is 1. The van der Waals surface area contributed by atoms with Crippen LogP contribution in [0, 0.1) is 11.8 Å². The largest absolute Gasteiger partial charge is 0.468 e. The minimum absolute atomic E-state index is 0.0387. The SMILES string of the molecule is CCCNC1(C(=O)OC)CC2CCC1C2. The van der Waals surface area contributed by atoms with E-state index in [1.54, 1.807) is 0 Å². The van der Waals surface area contributed by atoms with E-state index in [2.05, 4.69) is 12.2 Å². The lowest BCUT2D eigenvalue weighted by atomic mass is 9.81. The van der Waals surface area contributed by atoms with Crippen LogP contribution in [0.2, 0.25) is 0 Å². The number of hydrogen-bond acceptors (Lipinski definition) is 3. The average Bonchev–Trinajstić information content (AvgIpc) is 2.85. The van der Waals surface area contributed by atoms with Crippen LogP contribution < -0.4 is 5.32 Å². The van der Waals surface area contributed by atoms with Crippen LogP contribution in [0.25, 0.3) is 0 Å². The lowest BCUT2D eigenvalue weighted by Crippen LogP contribution is -2.56. The summed E-state index contributed by atoms with van der Waals surface area (Å²) in [5.41, 5.74) is -0.340. The molecular weight excluding hydrogens is 190 g/mol. The second-order valence-corrected chi connectivity index (χ2v) is 4.97. The van der Waals surface area contributed by atoms with Gasteiger partial charge in [-0.2, -0.15) is 0 Å². The standard InChI is InChI=1S/C12H21NO2/c1-3-6-13-12(11(14)15-2)8-9-4-5-10(12)7-9/h9-10,13H,3-8H2,1-2H3. The van der Waals surface area contributed by atoms with Gasteiger partial charge < -0.3 is 10.1 Å². The highest BCUT2D eigenvalue weighted by Gasteiger charge is 2.55. The zero-order valence-electron chi connectivity index (χ0n) is 9.71. The van der Waals surface area contributed by atoms with Gasteiger partial charge in [0.1, 0.15) is 5.54 Å². The van der Waals surface area contributed by atoms with Crippen LogP contribution in [-0.2, 0) is 9.53 Å². The van der Waals surface area contributed by atoms with Crippen molar-refractivity contribution in [1.82, 2.24) is 5.32 Å². The van der Waals surface area contributed by atoms with Crippen molar-refractivity contribution in [2.75, 3.05) is 13.7 Å². The van der Waals surface area contributed by atoms with E-state index in [4.69, 9.17) is 4.74 Å². The van der Waals surface area contributed by atoms with Gasteiger partial charge in [0.25, 0.3) is 0 Å². The lowest BCUT2D eigenvalue weighted by Gasteiger charge is -2.35. The summed E-state index contributed by atoms with van der Waals surface area (Å²) in [7, 11) is 1.50.